The van der Waals surface area contributed by atoms with Crippen molar-refractivity contribution in [2.24, 2.45) is 5.92 Å². The van der Waals surface area contributed by atoms with Crippen molar-refractivity contribution in [3.05, 3.63) is 29.8 Å². The molecule has 0 radical (unpaired) electrons. The van der Waals surface area contributed by atoms with Crippen molar-refractivity contribution in [2.75, 3.05) is 11.9 Å². The van der Waals surface area contributed by atoms with Gasteiger partial charge in [-0.25, -0.2) is 0 Å². The van der Waals surface area contributed by atoms with Gasteiger partial charge in [0.1, 0.15) is 0 Å². The smallest absolute Gasteiger partial charge is 0.229 e. The molecule has 4 nitrogen and oxygen atoms in total. The molecule has 0 unspecified atom stereocenters. The summed E-state index contributed by atoms with van der Waals surface area (Å²) in [6.07, 6.45) is 6.23. The third-order valence-corrected chi connectivity index (χ3v) is 4.86. The summed E-state index contributed by atoms with van der Waals surface area (Å²) in [5.74, 6) is -0.0952. The molecule has 1 atom stereocenters. The van der Waals surface area contributed by atoms with Crippen LogP contribution < -0.4 is 5.32 Å². The average Bonchev–Trinajstić information content (AvgIpc) is 2.92. The van der Waals surface area contributed by atoms with Gasteiger partial charge < -0.3 is 10.2 Å². The molecule has 118 valence electrons. The Morgan fingerprint density at radius 1 is 1.14 bits per heavy atom. The Morgan fingerprint density at radius 2 is 1.82 bits per heavy atom. The van der Waals surface area contributed by atoms with E-state index in [1.165, 1.54) is 19.3 Å². The van der Waals surface area contributed by atoms with Gasteiger partial charge in [0.05, 0.1) is 5.92 Å². The van der Waals surface area contributed by atoms with Crippen LogP contribution in [-0.2, 0) is 9.59 Å². The normalized spacial score (nSPS) is 22.9. The zero-order valence-electron chi connectivity index (χ0n) is 13.2. The number of likely N-dealkylation sites (tertiary alicyclic amines) is 1. The molecule has 1 saturated carbocycles. The quantitative estimate of drug-likeness (QED) is 0.932. The molecule has 2 aliphatic rings. The summed E-state index contributed by atoms with van der Waals surface area (Å²) in [5.41, 5.74) is 1.97. The Hall–Kier alpha value is -1.84. The summed E-state index contributed by atoms with van der Waals surface area (Å²) in [5, 5.41) is 2.94. The van der Waals surface area contributed by atoms with Crippen LogP contribution in [0.2, 0.25) is 0 Å². The van der Waals surface area contributed by atoms with Gasteiger partial charge in [0.25, 0.3) is 0 Å². The molecule has 1 saturated heterocycles. The first-order valence-electron chi connectivity index (χ1n) is 8.30. The number of carbonyl (C=O) groups excluding carboxylic acids is 2. The van der Waals surface area contributed by atoms with Crippen molar-refractivity contribution in [3.63, 3.8) is 0 Å². The number of benzene rings is 1. The van der Waals surface area contributed by atoms with Crippen molar-refractivity contribution >= 4 is 17.5 Å². The molecular weight excluding hydrogens is 276 g/mol. The number of nitrogens with zero attached hydrogens (tertiary/aromatic N) is 1. The molecule has 0 aromatic heterocycles. The van der Waals surface area contributed by atoms with Crippen molar-refractivity contribution < 1.29 is 9.59 Å². The number of nitrogens with one attached hydrogen (secondary N) is 1. The third-order valence-electron chi connectivity index (χ3n) is 4.86. The first-order chi connectivity index (χ1) is 10.6. The molecule has 1 aliphatic heterocycles. The molecule has 1 aromatic rings. The summed E-state index contributed by atoms with van der Waals surface area (Å²) in [7, 11) is 0. The Bertz CT molecular complexity index is 547. The number of anilines is 1. The zero-order valence-corrected chi connectivity index (χ0v) is 13.2. The number of rotatable bonds is 3. The van der Waals surface area contributed by atoms with Gasteiger partial charge in [0.2, 0.25) is 11.8 Å². The number of carbonyl (C=O) groups is 2. The maximum Gasteiger partial charge on any atom is 0.229 e. The fourth-order valence-corrected chi connectivity index (χ4v) is 3.53. The van der Waals surface area contributed by atoms with Gasteiger partial charge in [0.15, 0.2) is 0 Å². The second kappa shape index (κ2) is 6.51. The Kier molecular flexibility index (Phi) is 4.46. The van der Waals surface area contributed by atoms with Crippen LogP contribution in [0.3, 0.4) is 0 Å². The van der Waals surface area contributed by atoms with Gasteiger partial charge in [-0.1, -0.05) is 37.0 Å². The molecular formula is C18H24N2O2. The van der Waals surface area contributed by atoms with Crippen LogP contribution in [0.5, 0.6) is 0 Å². The van der Waals surface area contributed by atoms with Crippen LogP contribution in [0.25, 0.3) is 0 Å². The van der Waals surface area contributed by atoms with E-state index in [1.54, 1.807) is 0 Å². The predicted octanol–water partition coefficient (Wildman–Crippen LogP) is 3.11. The summed E-state index contributed by atoms with van der Waals surface area (Å²) in [6.45, 7) is 2.60. The van der Waals surface area contributed by atoms with Crippen molar-refractivity contribution in [1.29, 1.82) is 0 Å². The highest BCUT2D eigenvalue weighted by molar-refractivity contribution is 5.97. The van der Waals surface area contributed by atoms with Crippen LogP contribution in [0, 0.1) is 12.8 Å². The second-order valence-electron chi connectivity index (χ2n) is 6.59. The lowest BCUT2D eigenvalue weighted by Gasteiger charge is -2.31. The second-order valence-corrected chi connectivity index (χ2v) is 6.59. The number of hydrogen-bond donors (Lipinski definition) is 1. The Balaban J connectivity index is 1.59. The summed E-state index contributed by atoms with van der Waals surface area (Å²) in [4.78, 5) is 26.6. The summed E-state index contributed by atoms with van der Waals surface area (Å²) >= 11 is 0. The number of aryl methyl sites for hydroxylation is 1. The zero-order chi connectivity index (χ0) is 15.5. The molecule has 22 heavy (non-hydrogen) atoms. The van der Waals surface area contributed by atoms with Crippen LogP contribution in [0.15, 0.2) is 24.3 Å². The van der Waals surface area contributed by atoms with Crippen molar-refractivity contribution in [3.8, 4) is 0 Å². The first-order valence-corrected chi connectivity index (χ1v) is 8.30. The van der Waals surface area contributed by atoms with E-state index < -0.39 is 0 Å². The van der Waals surface area contributed by atoms with Gasteiger partial charge in [-0.15, -0.1) is 0 Å². The van der Waals surface area contributed by atoms with E-state index >= 15 is 0 Å². The molecule has 1 aliphatic carbocycles. The molecule has 0 bridgehead atoms. The highest BCUT2D eigenvalue weighted by Gasteiger charge is 2.38. The minimum atomic E-state index is -0.212. The fourth-order valence-electron chi connectivity index (χ4n) is 3.53. The van der Waals surface area contributed by atoms with E-state index in [9.17, 15) is 9.59 Å². The molecule has 1 N–H and O–H groups in total. The van der Waals surface area contributed by atoms with Crippen LogP contribution in [0.4, 0.5) is 5.69 Å². The minimum absolute atomic E-state index is 0.0319. The monoisotopic (exact) mass is 300 g/mol. The summed E-state index contributed by atoms with van der Waals surface area (Å²) in [6, 6.07) is 8.12. The standard InChI is InChI=1S/C18H24N2O2/c1-13-7-9-15(10-8-13)19-18(22)14-11-17(21)20(12-14)16-5-3-2-4-6-16/h7-10,14,16H,2-6,11-12H2,1H3,(H,19,22)/t14-/m0/s1. The molecule has 1 aromatic carbocycles. The minimum Gasteiger partial charge on any atom is -0.339 e. The van der Waals surface area contributed by atoms with E-state index in [2.05, 4.69) is 5.32 Å². The maximum absolute atomic E-state index is 12.4. The lowest BCUT2D eigenvalue weighted by molar-refractivity contribution is -0.130. The average molecular weight is 300 g/mol. The predicted molar refractivity (Wildman–Crippen MR) is 86.5 cm³/mol. The lowest BCUT2D eigenvalue weighted by atomic mass is 9.94. The highest BCUT2D eigenvalue weighted by atomic mass is 16.2. The Labute approximate surface area is 131 Å². The van der Waals surface area contributed by atoms with Gasteiger partial charge >= 0.3 is 0 Å². The molecule has 2 fully saturated rings. The van der Waals surface area contributed by atoms with Crippen LogP contribution in [-0.4, -0.2) is 29.3 Å². The maximum atomic E-state index is 12.4. The van der Waals surface area contributed by atoms with Gasteiger partial charge in [-0.05, 0) is 31.9 Å². The topological polar surface area (TPSA) is 49.4 Å². The highest BCUT2D eigenvalue weighted by Crippen LogP contribution is 2.29. The third kappa shape index (κ3) is 3.32. The van der Waals surface area contributed by atoms with Crippen LogP contribution in [0.1, 0.15) is 44.1 Å². The van der Waals surface area contributed by atoms with Gasteiger partial charge in [-0.2, -0.15) is 0 Å². The molecule has 3 rings (SSSR count). The summed E-state index contributed by atoms with van der Waals surface area (Å²) < 4.78 is 0. The molecule has 4 heteroatoms. The van der Waals surface area contributed by atoms with Crippen molar-refractivity contribution in [1.82, 2.24) is 4.90 Å². The number of amides is 2. The van der Waals surface area contributed by atoms with E-state index in [0.29, 0.717) is 19.0 Å². The van der Waals surface area contributed by atoms with Gasteiger partial charge in [0, 0.05) is 24.7 Å². The van der Waals surface area contributed by atoms with E-state index in [4.69, 9.17) is 0 Å². The van der Waals surface area contributed by atoms with E-state index in [1.807, 2.05) is 36.1 Å². The van der Waals surface area contributed by atoms with Crippen LogP contribution >= 0.6 is 0 Å². The van der Waals surface area contributed by atoms with E-state index in [0.717, 1.165) is 24.1 Å². The lowest BCUT2D eigenvalue weighted by Crippen LogP contribution is -2.38. The van der Waals surface area contributed by atoms with Gasteiger partial charge in [-0.3, -0.25) is 9.59 Å². The molecule has 2 amide bonds. The Morgan fingerprint density at radius 3 is 2.50 bits per heavy atom. The largest absolute Gasteiger partial charge is 0.339 e. The first kappa shape index (κ1) is 15.1. The molecule has 0 spiro atoms. The number of hydrogen-bond acceptors (Lipinski definition) is 2. The van der Waals surface area contributed by atoms with E-state index in [-0.39, 0.29) is 17.7 Å². The SMILES string of the molecule is Cc1ccc(NC(=O)[C@H]2CC(=O)N(C3CCCCC3)C2)cc1. The van der Waals surface area contributed by atoms with Crippen molar-refractivity contribution in [2.45, 2.75) is 51.5 Å². The fraction of sp³-hybridized carbons (Fsp3) is 0.556. The molecule has 1 heterocycles.